The molecule has 3 aromatic rings. The number of ether oxygens (including phenoxy) is 1. The van der Waals surface area contributed by atoms with Gasteiger partial charge in [-0.25, -0.2) is 14.1 Å². The maximum Gasteiger partial charge on any atom is 0.217 e. The van der Waals surface area contributed by atoms with Crippen molar-refractivity contribution in [2.45, 2.75) is 24.9 Å². The first-order valence-corrected chi connectivity index (χ1v) is 9.10. The number of nitrogens with zero attached hydrogens (tertiary/aromatic N) is 4. The lowest BCUT2D eigenvalue weighted by Gasteiger charge is -2.11. The smallest absolute Gasteiger partial charge is 0.217 e. The van der Waals surface area contributed by atoms with E-state index in [0.717, 1.165) is 18.5 Å². The molecule has 1 saturated carbocycles. The Balaban J connectivity index is 1.66. The van der Waals surface area contributed by atoms with Crippen molar-refractivity contribution in [2.24, 2.45) is 12.8 Å². The monoisotopic (exact) mass is 387 g/mol. The molecule has 0 unspecified atom stereocenters. The molecule has 2 N–H and O–H groups in total. The molecule has 140 valence electrons. The van der Waals surface area contributed by atoms with Gasteiger partial charge in [0.1, 0.15) is 11.9 Å². The summed E-state index contributed by atoms with van der Waals surface area (Å²) in [6, 6.07) is 6.96. The summed E-state index contributed by atoms with van der Waals surface area (Å²) in [4.78, 5) is 8.67. The normalized spacial score (nSPS) is 15.0. The van der Waals surface area contributed by atoms with Crippen molar-refractivity contribution in [3.8, 4) is 23.0 Å². The molecule has 1 fully saturated rings. The van der Waals surface area contributed by atoms with Crippen LogP contribution in [0.5, 0.6) is 11.6 Å². The molecule has 3 aromatic heterocycles. The van der Waals surface area contributed by atoms with Gasteiger partial charge in [0.25, 0.3) is 0 Å². The van der Waals surface area contributed by atoms with Crippen LogP contribution in [-0.2, 0) is 7.05 Å². The molecule has 1 aliphatic carbocycles. The van der Waals surface area contributed by atoms with Crippen molar-refractivity contribution >= 4 is 11.6 Å². The highest BCUT2D eigenvalue weighted by atomic mass is 35.5. The third kappa shape index (κ3) is 3.79. The molecular formula is C19H19ClFN5O. The fourth-order valence-electron chi connectivity index (χ4n) is 2.82. The molecule has 3 heterocycles. The molecule has 0 spiro atoms. The Morgan fingerprint density at radius 3 is 2.78 bits per heavy atom. The van der Waals surface area contributed by atoms with Crippen molar-refractivity contribution in [1.29, 1.82) is 0 Å². The topological polar surface area (TPSA) is 78.8 Å². The molecule has 0 bridgehead atoms. The fraction of sp³-hybridized carbons (Fsp3) is 0.316. The Bertz CT molecular complexity index is 955. The van der Waals surface area contributed by atoms with E-state index in [4.69, 9.17) is 22.1 Å². The number of hydrogen-bond acceptors (Lipinski definition) is 5. The summed E-state index contributed by atoms with van der Waals surface area (Å²) in [6.45, 7) is -0.0849. The average molecular weight is 388 g/mol. The molecule has 1 aliphatic rings. The largest absolute Gasteiger partial charge is 0.437 e. The van der Waals surface area contributed by atoms with Crippen LogP contribution < -0.4 is 10.5 Å². The van der Waals surface area contributed by atoms with E-state index < -0.39 is 6.17 Å². The van der Waals surface area contributed by atoms with Crippen molar-refractivity contribution in [3.63, 3.8) is 0 Å². The van der Waals surface area contributed by atoms with Crippen LogP contribution in [0.1, 0.15) is 36.2 Å². The zero-order valence-electron chi connectivity index (χ0n) is 14.8. The van der Waals surface area contributed by atoms with Crippen LogP contribution in [0.2, 0.25) is 5.02 Å². The van der Waals surface area contributed by atoms with Gasteiger partial charge in [-0.15, -0.1) is 0 Å². The van der Waals surface area contributed by atoms with E-state index in [1.807, 2.05) is 13.1 Å². The van der Waals surface area contributed by atoms with Crippen molar-refractivity contribution in [3.05, 3.63) is 52.9 Å². The van der Waals surface area contributed by atoms with E-state index in [-0.39, 0.29) is 6.54 Å². The standard InChI is InChI=1S/C19H19ClFN5O/c1-26-18(7-16(25-26)11-2-3-11)27-17-6-13(20)10-24-19(17)15-5-4-12(9-23-15)14(21)8-22/h4-7,9-11,14H,2-3,8,22H2,1H3/t14-/m1/s1. The third-order valence-electron chi connectivity index (χ3n) is 4.48. The second-order valence-electron chi connectivity index (χ2n) is 6.59. The third-order valence-corrected chi connectivity index (χ3v) is 4.69. The van der Waals surface area contributed by atoms with Crippen molar-refractivity contribution < 1.29 is 9.13 Å². The predicted molar refractivity (Wildman–Crippen MR) is 101 cm³/mol. The lowest BCUT2D eigenvalue weighted by atomic mass is 10.1. The van der Waals surface area contributed by atoms with Gasteiger partial charge in [-0.3, -0.25) is 4.98 Å². The Labute approximate surface area is 161 Å². The summed E-state index contributed by atoms with van der Waals surface area (Å²) in [7, 11) is 1.83. The van der Waals surface area contributed by atoms with Crippen molar-refractivity contribution in [1.82, 2.24) is 19.7 Å². The number of pyridine rings is 2. The second kappa shape index (κ2) is 7.25. The van der Waals surface area contributed by atoms with E-state index in [2.05, 4.69) is 15.1 Å². The summed E-state index contributed by atoms with van der Waals surface area (Å²) in [5.41, 5.74) is 7.89. The van der Waals surface area contributed by atoms with Gasteiger partial charge in [0.2, 0.25) is 5.88 Å². The van der Waals surface area contributed by atoms with Gasteiger partial charge >= 0.3 is 0 Å². The van der Waals surface area contributed by atoms with E-state index in [0.29, 0.717) is 39.5 Å². The first-order valence-electron chi connectivity index (χ1n) is 8.73. The summed E-state index contributed by atoms with van der Waals surface area (Å²) < 4.78 is 21.5. The minimum atomic E-state index is -1.24. The molecular weight excluding hydrogens is 369 g/mol. The van der Waals surface area contributed by atoms with E-state index in [1.165, 1.54) is 12.4 Å². The quantitative estimate of drug-likeness (QED) is 0.686. The zero-order valence-corrected chi connectivity index (χ0v) is 15.5. The summed E-state index contributed by atoms with van der Waals surface area (Å²) in [5, 5.41) is 4.95. The summed E-state index contributed by atoms with van der Waals surface area (Å²) >= 11 is 6.11. The SMILES string of the molecule is Cn1nc(C2CC2)cc1Oc1cc(Cl)cnc1-c1ccc([C@H](F)CN)cn1. The molecule has 8 heteroatoms. The number of halogens is 2. The molecule has 1 atom stereocenters. The highest BCUT2D eigenvalue weighted by Gasteiger charge is 2.27. The molecule has 6 nitrogen and oxygen atoms in total. The second-order valence-corrected chi connectivity index (χ2v) is 7.02. The molecule has 0 saturated heterocycles. The number of hydrogen-bond donors (Lipinski definition) is 1. The Morgan fingerprint density at radius 2 is 2.11 bits per heavy atom. The number of rotatable bonds is 6. The van der Waals surface area contributed by atoms with Crippen LogP contribution in [0.25, 0.3) is 11.4 Å². The van der Waals surface area contributed by atoms with Crippen LogP contribution in [0, 0.1) is 0 Å². The average Bonchev–Trinajstić information content (AvgIpc) is 3.46. The lowest BCUT2D eigenvalue weighted by molar-refractivity contribution is 0.352. The molecule has 0 amide bonds. The maximum absolute atomic E-state index is 13.7. The van der Waals surface area contributed by atoms with Gasteiger partial charge in [-0.05, 0) is 18.9 Å². The van der Waals surface area contributed by atoms with Crippen LogP contribution in [0.3, 0.4) is 0 Å². The highest BCUT2D eigenvalue weighted by Crippen LogP contribution is 2.41. The number of aromatic nitrogens is 4. The Hall–Kier alpha value is -2.51. The lowest BCUT2D eigenvalue weighted by Crippen LogP contribution is -2.08. The fourth-order valence-corrected chi connectivity index (χ4v) is 2.96. The molecule has 0 aromatic carbocycles. The van der Waals surface area contributed by atoms with Gasteiger partial charge in [0, 0.05) is 49.6 Å². The van der Waals surface area contributed by atoms with Gasteiger partial charge in [0.15, 0.2) is 5.75 Å². The minimum absolute atomic E-state index is 0.0849. The minimum Gasteiger partial charge on any atom is -0.437 e. The highest BCUT2D eigenvalue weighted by molar-refractivity contribution is 6.30. The van der Waals surface area contributed by atoms with Crippen molar-refractivity contribution in [2.75, 3.05) is 6.54 Å². The van der Waals surface area contributed by atoms with Crippen LogP contribution >= 0.6 is 11.6 Å². The molecule has 27 heavy (non-hydrogen) atoms. The van der Waals surface area contributed by atoms with Crippen LogP contribution in [-0.4, -0.2) is 26.3 Å². The zero-order chi connectivity index (χ0) is 19.0. The van der Waals surface area contributed by atoms with Crippen LogP contribution in [0.15, 0.2) is 36.7 Å². The number of alkyl halides is 1. The first-order chi connectivity index (χ1) is 13.0. The van der Waals surface area contributed by atoms with Crippen LogP contribution in [0.4, 0.5) is 4.39 Å². The number of nitrogens with two attached hydrogens (primary N) is 1. The van der Waals surface area contributed by atoms with E-state index in [1.54, 1.807) is 22.9 Å². The first kappa shape index (κ1) is 17.9. The summed E-state index contributed by atoms with van der Waals surface area (Å²) in [5.74, 6) is 1.59. The van der Waals surface area contributed by atoms with E-state index >= 15 is 0 Å². The number of aryl methyl sites for hydroxylation is 1. The van der Waals surface area contributed by atoms with E-state index in [9.17, 15) is 4.39 Å². The predicted octanol–water partition coefficient (Wildman–Crippen LogP) is 4.17. The maximum atomic E-state index is 13.7. The summed E-state index contributed by atoms with van der Waals surface area (Å²) in [6.07, 6.45) is 4.07. The molecule has 0 aliphatic heterocycles. The Morgan fingerprint density at radius 1 is 1.30 bits per heavy atom. The van der Waals surface area contributed by atoms with Gasteiger partial charge in [0.05, 0.1) is 16.4 Å². The van der Waals surface area contributed by atoms with Gasteiger partial charge in [-0.1, -0.05) is 17.7 Å². The van der Waals surface area contributed by atoms with Gasteiger partial charge < -0.3 is 10.5 Å². The molecule has 4 rings (SSSR count). The Kier molecular flexibility index (Phi) is 4.80. The van der Waals surface area contributed by atoms with Gasteiger partial charge in [-0.2, -0.15) is 5.10 Å². The molecule has 0 radical (unpaired) electrons.